The lowest BCUT2D eigenvalue weighted by Crippen LogP contribution is -2.36. The fourth-order valence-corrected chi connectivity index (χ4v) is 5.12. The highest BCUT2D eigenvalue weighted by Gasteiger charge is 2.36. The fraction of sp³-hybridized carbons (Fsp3) is 0.129. The Hall–Kier alpha value is -4.36. The van der Waals surface area contributed by atoms with Crippen molar-refractivity contribution in [2.75, 3.05) is 11.9 Å². The second kappa shape index (κ2) is 10.9. The predicted octanol–water partition coefficient (Wildman–Crippen LogP) is 6.71. The van der Waals surface area contributed by atoms with Gasteiger partial charge in [-0.25, -0.2) is 0 Å². The van der Waals surface area contributed by atoms with Crippen LogP contribution in [0.25, 0.3) is 16.8 Å². The minimum absolute atomic E-state index is 0.278. The fourth-order valence-electron chi connectivity index (χ4n) is 4.28. The summed E-state index contributed by atoms with van der Waals surface area (Å²) in [5.41, 5.74) is 4.36. The minimum Gasteiger partial charge on any atom is -0.489 e. The van der Waals surface area contributed by atoms with Crippen LogP contribution in [0.4, 0.5) is 10.5 Å². The summed E-state index contributed by atoms with van der Waals surface area (Å²) < 4.78 is 5.93. The number of carbonyl (C=O) groups is 3. The molecule has 190 valence electrons. The van der Waals surface area contributed by atoms with E-state index in [0.717, 1.165) is 38.9 Å². The summed E-state index contributed by atoms with van der Waals surface area (Å²) in [6.45, 7) is 3.89. The Balaban J connectivity index is 1.20. The van der Waals surface area contributed by atoms with Crippen molar-refractivity contribution in [3.8, 4) is 5.75 Å². The van der Waals surface area contributed by atoms with Crippen LogP contribution in [0.2, 0.25) is 0 Å². The van der Waals surface area contributed by atoms with E-state index in [0.29, 0.717) is 18.0 Å². The molecule has 0 spiro atoms. The van der Waals surface area contributed by atoms with E-state index in [9.17, 15) is 14.4 Å². The van der Waals surface area contributed by atoms with Gasteiger partial charge in [0.25, 0.3) is 11.1 Å². The van der Waals surface area contributed by atoms with Gasteiger partial charge in [0, 0.05) is 5.69 Å². The van der Waals surface area contributed by atoms with Crippen molar-refractivity contribution in [3.63, 3.8) is 0 Å². The van der Waals surface area contributed by atoms with E-state index in [-0.39, 0.29) is 11.4 Å². The summed E-state index contributed by atoms with van der Waals surface area (Å²) in [5.74, 6) is -0.196. The molecule has 1 aliphatic heterocycles. The van der Waals surface area contributed by atoms with Crippen molar-refractivity contribution in [3.05, 3.63) is 112 Å². The van der Waals surface area contributed by atoms with E-state index in [1.807, 2.05) is 68.4 Å². The molecule has 1 fully saturated rings. The Bertz CT molecular complexity index is 1560. The zero-order chi connectivity index (χ0) is 26.6. The number of rotatable bonds is 7. The van der Waals surface area contributed by atoms with Crippen LogP contribution in [0, 0.1) is 13.8 Å². The third-order valence-corrected chi connectivity index (χ3v) is 7.23. The molecule has 0 unspecified atom stereocenters. The first-order valence-corrected chi connectivity index (χ1v) is 13.0. The molecule has 0 saturated carbocycles. The molecule has 4 aromatic carbocycles. The lowest BCUT2D eigenvalue weighted by atomic mass is 10.1. The molecule has 1 saturated heterocycles. The molecule has 3 amide bonds. The van der Waals surface area contributed by atoms with Gasteiger partial charge in [0.2, 0.25) is 5.91 Å². The molecule has 0 atom stereocenters. The molecule has 1 aliphatic rings. The number of amides is 3. The first-order valence-electron chi connectivity index (χ1n) is 12.2. The topological polar surface area (TPSA) is 75.7 Å². The van der Waals surface area contributed by atoms with Crippen LogP contribution in [-0.4, -0.2) is 28.5 Å². The van der Waals surface area contributed by atoms with E-state index in [1.54, 1.807) is 6.08 Å². The van der Waals surface area contributed by atoms with Crippen LogP contribution in [0.15, 0.2) is 89.8 Å². The first kappa shape index (κ1) is 25.3. The third kappa shape index (κ3) is 5.63. The van der Waals surface area contributed by atoms with Gasteiger partial charge in [-0.3, -0.25) is 19.3 Å². The summed E-state index contributed by atoms with van der Waals surface area (Å²) in [6, 6.07) is 27.4. The number of imide groups is 1. The van der Waals surface area contributed by atoms with Gasteiger partial charge in [-0.05, 0) is 82.9 Å². The molecule has 1 N–H and O–H groups in total. The van der Waals surface area contributed by atoms with Gasteiger partial charge in [-0.2, -0.15) is 0 Å². The molecule has 4 aromatic rings. The van der Waals surface area contributed by atoms with E-state index < -0.39 is 17.1 Å². The number of nitrogens with zero attached hydrogens (tertiary/aromatic N) is 1. The molecular formula is C31H26N2O4S. The number of thioether (sulfide) groups is 1. The maximum atomic E-state index is 12.9. The number of fused-ring (bicyclic) bond motifs is 1. The number of benzene rings is 4. The number of nitrogens with one attached hydrogen (secondary N) is 1. The monoisotopic (exact) mass is 522 g/mol. The van der Waals surface area contributed by atoms with E-state index in [2.05, 4.69) is 35.6 Å². The SMILES string of the molecule is Cc1cccc(C)c1NC(=O)CN1C(=O)S/C(=C\c2ccc(OCc3ccc4ccccc4c3)cc2)C1=O. The van der Waals surface area contributed by atoms with Gasteiger partial charge in [-0.15, -0.1) is 0 Å². The number of anilines is 1. The molecule has 0 radical (unpaired) electrons. The Morgan fingerprint density at radius 1 is 0.895 bits per heavy atom. The van der Waals surface area contributed by atoms with Crippen molar-refractivity contribution < 1.29 is 19.1 Å². The summed E-state index contributed by atoms with van der Waals surface area (Å²) in [7, 11) is 0. The molecule has 5 rings (SSSR count). The average Bonchev–Trinajstić information content (AvgIpc) is 3.17. The van der Waals surface area contributed by atoms with Gasteiger partial charge in [0.1, 0.15) is 18.9 Å². The molecule has 0 aliphatic carbocycles. The number of ether oxygens (including phenoxy) is 1. The molecule has 6 nitrogen and oxygen atoms in total. The second-order valence-corrected chi connectivity index (χ2v) is 10.1. The molecule has 0 aromatic heterocycles. The van der Waals surface area contributed by atoms with Gasteiger partial charge < -0.3 is 10.1 Å². The highest BCUT2D eigenvalue weighted by molar-refractivity contribution is 8.18. The average molecular weight is 523 g/mol. The summed E-state index contributed by atoms with van der Waals surface area (Å²) in [6.07, 6.45) is 1.65. The molecule has 1 heterocycles. The highest BCUT2D eigenvalue weighted by Crippen LogP contribution is 2.32. The summed E-state index contributed by atoms with van der Waals surface area (Å²) in [5, 5.41) is 4.71. The quantitative estimate of drug-likeness (QED) is 0.273. The van der Waals surface area contributed by atoms with Crippen LogP contribution in [0.1, 0.15) is 22.3 Å². The van der Waals surface area contributed by atoms with E-state index in [4.69, 9.17) is 4.74 Å². The summed E-state index contributed by atoms with van der Waals surface area (Å²) >= 11 is 0.831. The largest absolute Gasteiger partial charge is 0.489 e. The van der Waals surface area contributed by atoms with Gasteiger partial charge in [0.15, 0.2) is 0 Å². The molecule has 0 bridgehead atoms. The normalized spacial score (nSPS) is 14.4. The van der Waals surface area contributed by atoms with E-state index >= 15 is 0 Å². The van der Waals surface area contributed by atoms with Crippen molar-refractivity contribution in [2.24, 2.45) is 0 Å². The zero-order valence-electron chi connectivity index (χ0n) is 21.1. The number of para-hydroxylation sites is 1. The Morgan fingerprint density at radius 2 is 1.61 bits per heavy atom. The van der Waals surface area contributed by atoms with Crippen LogP contribution in [-0.2, 0) is 16.2 Å². The predicted molar refractivity (Wildman–Crippen MR) is 152 cm³/mol. The lowest BCUT2D eigenvalue weighted by Gasteiger charge is -2.15. The minimum atomic E-state index is -0.478. The maximum Gasteiger partial charge on any atom is 0.294 e. The highest BCUT2D eigenvalue weighted by atomic mass is 32.2. The Labute approximate surface area is 225 Å². The van der Waals surface area contributed by atoms with E-state index in [1.165, 1.54) is 10.8 Å². The number of carbonyl (C=O) groups excluding carboxylic acids is 3. The van der Waals surface area contributed by atoms with Gasteiger partial charge in [-0.1, -0.05) is 66.7 Å². The van der Waals surface area contributed by atoms with Crippen molar-refractivity contribution >= 4 is 51.4 Å². The van der Waals surface area contributed by atoms with Crippen LogP contribution in [0.5, 0.6) is 5.75 Å². The molecule has 38 heavy (non-hydrogen) atoms. The smallest absolute Gasteiger partial charge is 0.294 e. The Morgan fingerprint density at radius 3 is 2.34 bits per heavy atom. The number of hydrogen-bond acceptors (Lipinski definition) is 5. The first-order chi connectivity index (χ1) is 18.4. The Kier molecular flexibility index (Phi) is 7.29. The standard InChI is InChI=1S/C31H26N2O4S/c1-20-6-5-7-21(2)29(20)32-28(34)18-33-30(35)27(38-31(33)36)17-22-11-14-26(15-12-22)37-19-23-10-13-24-8-3-4-9-25(24)16-23/h3-17H,18-19H2,1-2H3,(H,32,34)/b27-17-. The zero-order valence-corrected chi connectivity index (χ0v) is 21.9. The maximum absolute atomic E-state index is 12.9. The molecular weight excluding hydrogens is 496 g/mol. The number of hydrogen-bond donors (Lipinski definition) is 1. The summed E-state index contributed by atoms with van der Waals surface area (Å²) in [4.78, 5) is 39.2. The van der Waals surface area contributed by atoms with Gasteiger partial charge >= 0.3 is 0 Å². The van der Waals surface area contributed by atoms with Crippen molar-refractivity contribution in [1.29, 1.82) is 0 Å². The molecule has 7 heteroatoms. The van der Waals surface area contributed by atoms with Gasteiger partial charge in [0.05, 0.1) is 4.91 Å². The van der Waals surface area contributed by atoms with Crippen LogP contribution < -0.4 is 10.1 Å². The van der Waals surface area contributed by atoms with Crippen molar-refractivity contribution in [1.82, 2.24) is 4.90 Å². The second-order valence-electron chi connectivity index (χ2n) is 9.12. The third-order valence-electron chi connectivity index (χ3n) is 6.32. The van der Waals surface area contributed by atoms with Crippen LogP contribution >= 0.6 is 11.8 Å². The van der Waals surface area contributed by atoms with Crippen LogP contribution in [0.3, 0.4) is 0 Å². The lowest BCUT2D eigenvalue weighted by molar-refractivity contribution is -0.127. The van der Waals surface area contributed by atoms with Crippen molar-refractivity contribution in [2.45, 2.75) is 20.5 Å². The number of aryl methyl sites for hydroxylation is 2.